The molecule has 1 aromatic rings. The van der Waals surface area contributed by atoms with E-state index in [1.165, 1.54) is 11.1 Å². The Balaban J connectivity index is 2.41. The quantitative estimate of drug-likeness (QED) is 0.707. The third-order valence-corrected chi connectivity index (χ3v) is 2.64. The van der Waals surface area contributed by atoms with Crippen LogP contribution in [-0.2, 0) is 12.8 Å². The predicted molar refractivity (Wildman–Crippen MR) is 51.0 cm³/mol. The highest BCUT2D eigenvalue weighted by Crippen LogP contribution is 2.29. The molecule has 0 fully saturated rings. The van der Waals surface area contributed by atoms with Gasteiger partial charge in [-0.3, -0.25) is 0 Å². The summed E-state index contributed by atoms with van der Waals surface area (Å²) in [6.07, 6.45) is 2.39. The van der Waals surface area contributed by atoms with Crippen molar-refractivity contribution in [1.29, 1.82) is 0 Å². The van der Waals surface area contributed by atoms with E-state index in [1.807, 2.05) is 12.1 Å². The summed E-state index contributed by atoms with van der Waals surface area (Å²) < 4.78 is 5.25. The summed E-state index contributed by atoms with van der Waals surface area (Å²) in [4.78, 5) is 0. The predicted octanol–water partition coefficient (Wildman–Crippen LogP) is 1.54. The normalized spacial score (nSPS) is 20.9. The Morgan fingerprint density at radius 2 is 2.31 bits per heavy atom. The van der Waals surface area contributed by atoms with E-state index in [9.17, 15) is 5.11 Å². The van der Waals surface area contributed by atoms with Gasteiger partial charge in [-0.25, -0.2) is 0 Å². The van der Waals surface area contributed by atoms with Crippen LogP contribution in [0.5, 0.6) is 5.75 Å². The van der Waals surface area contributed by atoms with E-state index in [-0.39, 0.29) is 6.10 Å². The molecule has 1 N–H and O–H groups in total. The molecule has 0 radical (unpaired) electrons. The molecule has 0 unspecified atom stereocenters. The number of benzene rings is 1. The van der Waals surface area contributed by atoms with E-state index in [0.29, 0.717) is 0 Å². The Kier molecular flexibility index (Phi) is 2.23. The van der Waals surface area contributed by atoms with Gasteiger partial charge >= 0.3 is 0 Å². The van der Waals surface area contributed by atoms with Crippen molar-refractivity contribution in [2.45, 2.75) is 25.4 Å². The topological polar surface area (TPSA) is 29.5 Å². The summed E-state index contributed by atoms with van der Waals surface area (Å²) in [7, 11) is 1.68. The Bertz CT molecular complexity index is 293. The fraction of sp³-hybridized carbons (Fsp3) is 0.455. The van der Waals surface area contributed by atoms with Gasteiger partial charge in [0.25, 0.3) is 0 Å². The van der Waals surface area contributed by atoms with E-state index in [4.69, 9.17) is 4.74 Å². The van der Waals surface area contributed by atoms with Crippen LogP contribution in [0.2, 0.25) is 0 Å². The maximum absolute atomic E-state index is 9.52. The molecule has 0 spiro atoms. The fourth-order valence-corrected chi connectivity index (χ4v) is 1.93. The van der Waals surface area contributed by atoms with Crippen LogP contribution in [0, 0.1) is 0 Å². The average molecular weight is 178 g/mol. The van der Waals surface area contributed by atoms with Gasteiger partial charge in [0.2, 0.25) is 0 Å². The van der Waals surface area contributed by atoms with Gasteiger partial charge in [-0.2, -0.15) is 0 Å². The van der Waals surface area contributed by atoms with Gasteiger partial charge in [-0.05, 0) is 30.0 Å². The minimum atomic E-state index is -0.191. The van der Waals surface area contributed by atoms with E-state index in [0.717, 1.165) is 25.0 Å². The van der Waals surface area contributed by atoms with Crippen molar-refractivity contribution >= 4 is 0 Å². The number of aliphatic hydroxyl groups excluding tert-OH is 1. The Morgan fingerprint density at radius 1 is 1.46 bits per heavy atom. The van der Waals surface area contributed by atoms with Crippen LogP contribution in [0.25, 0.3) is 0 Å². The third kappa shape index (κ3) is 1.54. The number of fused-ring (bicyclic) bond motifs is 1. The van der Waals surface area contributed by atoms with Crippen molar-refractivity contribution in [2.75, 3.05) is 7.11 Å². The second-order valence-electron chi connectivity index (χ2n) is 3.49. The van der Waals surface area contributed by atoms with Crippen molar-refractivity contribution in [3.05, 3.63) is 29.3 Å². The molecule has 2 rings (SSSR count). The van der Waals surface area contributed by atoms with Crippen molar-refractivity contribution in [3.63, 3.8) is 0 Å². The Hall–Kier alpha value is -1.02. The highest BCUT2D eigenvalue weighted by molar-refractivity contribution is 5.42. The summed E-state index contributed by atoms with van der Waals surface area (Å²) >= 11 is 0. The largest absolute Gasteiger partial charge is 0.496 e. The molecule has 1 aromatic carbocycles. The molecule has 1 aliphatic rings. The number of hydrogen-bond acceptors (Lipinski definition) is 2. The third-order valence-electron chi connectivity index (χ3n) is 2.64. The Morgan fingerprint density at radius 3 is 3.08 bits per heavy atom. The zero-order chi connectivity index (χ0) is 9.26. The summed E-state index contributed by atoms with van der Waals surface area (Å²) in [6.45, 7) is 0. The zero-order valence-electron chi connectivity index (χ0n) is 7.79. The highest BCUT2D eigenvalue weighted by Gasteiger charge is 2.18. The van der Waals surface area contributed by atoms with Crippen molar-refractivity contribution in [2.24, 2.45) is 0 Å². The number of aryl methyl sites for hydroxylation is 1. The number of rotatable bonds is 1. The summed E-state index contributed by atoms with van der Waals surface area (Å²) in [5.41, 5.74) is 2.51. The van der Waals surface area contributed by atoms with Crippen molar-refractivity contribution in [1.82, 2.24) is 0 Å². The first-order valence-corrected chi connectivity index (χ1v) is 4.64. The van der Waals surface area contributed by atoms with E-state index >= 15 is 0 Å². The molecule has 2 nitrogen and oxygen atoms in total. The minimum absolute atomic E-state index is 0.191. The van der Waals surface area contributed by atoms with Crippen molar-refractivity contribution < 1.29 is 9.84 Å². The first-order chi connectivity index (χ1) is 6.31. The molecule has 1 atom stereocenters. The molecule has 13 heavy (non-hydrogen) atoms. The standard InChI is InChI=1S/C11H14O2/c1-13-11-4-2-3-8-5-6-9(12)7-10(8)11/h2-4,9,12H,5-7H2,1H3/t9-/m1/s1. The van der Waals surface area contributed by atoms with Gasteiger partial charge in [-0.1, -0.05) is 12.1 Å². The first-order valence-electron chi connectivity index (χ1n) is 4.64. The van der Waals surface area contributed by atoms with Crippen molar-refractivity contribution in [3.8, 4) is 5.75 Å². The smallest absolute Gasteiger partial charge is 0.122 e. The van der Waals surface area contributed by atoms with Crippen LogP contribution in [0.15, 0.2) is 18.2 Å². The maximum atomic E-state index is 9.52. The molecule has 0 saturated carbocycles. The number of hydrogen-bond donors (Lipinski definition) is 1. The van der Waals surface area contributed by atoms with Gasteiger partial charge in [0.15, 0.2) is 0 Å². The van der Waals surface area contributed by atoms with Gasteiger partial charge in [0.05, 0.1) is 13.2 Å². The second kappa shape index (κ2) is 3.38. The first kappa shape index (κ1) is 8.57. The average Bonchev–Trinajstić information content (AvgIpc) is 2.17. The van der Waals surface area contributed by atoms with Crippen LogP contribution >= 0.6 is 0 Å². The lowest BCUT2D eigenvalue weighted by atomic mass is 9.89. The number of methoxy groups -OCH3 is 1. The molecule has 0 aromatic heterocycles. The molecule has 1 aliphatic carbocycles. The van der Waals surface area contributed by atoms with Crippen LogP contribution in [-0.4, -0.2) is 18.3 Å². The molecule has 0 aliphatic heterocycles. The van der Waals surface area contributed by atoms with E-state index < -0.39 is 0 Å². The monoisotopic (exact) mass is 178 g/mol. The number of ether oxygens (including phenoxy) is 1. The van der Waals surface area contributed by atoms with E-state index in [2.05, 4.69) is 6.07 Å². The van der Waals surface area contributed by atoms with Crippen LogP contribution in [0.3, 0.4) is 0 Å². The van der Waals surface area contributed by atoms with E-state index in [1.54, 1.807) is 7.11 Å². The lowest BCUT2D eigenvalue weighted by molar-refractivity contribution is 0.157. The number of aliphatic hydroxyl groups is 1. The maximum Gasteiger partial charge on any atom is 0.122 e. The fourth-order valence-electron chi connectivity index (χ4n) is 1.93. The molecule has 0 amide bonds. The lowest BCUT2D eigenvalue weighted by Crippen LogP contribution is -2.19. The summed E-state index contributed by atoms with van der Waals surface area (Å²) in [5, 5.41) is 9.52. The molecular formula is C11H14O2. The molecular weight excluding hydrogens is 164 g/mol. The highest BCUT2D eigenvalue weighted by atomic mass is 16.5. The Labute approximate surface area is 78.2 Å². The van der Waals surface area contributed by atoms with Gasteiger partial charge in [-0.15, -0.1) is 0 Å². The van der Waals surface area contributed by atoms with Gasteiger partial charge in [0.1, 0.15) is 5.75 Å². The molecule has 70 valence electrons. The second-order valence-corrected chi connectivity index (χ2v) is 3.49. The molecule has 0 bridgehead atoms. The molecule has 0 heterocycles. The SMILES string of the molecule is COc1cccc2c1C[C@H](O)CC2. The van der Waals surface area contributed by atoms with Crippen LogP contribution in [0.4, 0.5) is 0 Å². The molecule has 0 saturated heterocycles. The zero-order valence-corrected chi connectivity index (χ0v) is 7.79. The van der Waals surface area contributed by atoms with Crippen LogP contribution in [0.1, 0.15) is 17.5 Å². The molecule has 2 heteroatoms. The summed E-state index contributed by atoms with van der Waals surface area (Å²) in [5.74, 6) is 0.913. The van der Waals surface area contributed by atoms with Gasteiger partial charge in [0, 0.05) is 6.42 Å². The minimum Gasteiger partial charge on any atom is -0.496 e. The lowest BCUT2D eigenvalue weighted by Gasteiger charge is -2.22. The van der Waals surface area contributed by atoms with Gasteiger partial charge < -0.3 is 9.84 Å². The summed E-state index contributed by atoms with van der Waals surface area (Å²) in [6, 6.07) is 6.08. The van der Waals surface area contributed by atoms with Crippen LogP contribution < -0.4 is 4.74 Å².